The fourth-order valence-corrected chi connectivity index (χ4v) is 5.92. The Balaban J connectivity index is 1.83. The van der Waals surface area contributed by atoms with Gasteiger partial charge in [0, 0.05) is 13.5 Å². The summed E-state index contributed by atoms with van der Waals surface area (Å²) in [4.78, 5) is 28.1. The molecular formula is C19H28N3O5S+. The molecule has 2 heterocycles. The molecule has 8 nitrogen and oxygen atoms in total. The van der Waals surface area contributed by atoms with Crippen LogP contribution in [0.15, 0.2) is 30.3 Å². The van der Waals surface area contributed by atoms with Crippen LogP contribution < -0.4 is 10.2 Å². The van der Waals surface area contributed by atoms with E-state index in [1.807, 2.05) is 37.3 Å². The molecule has 9 heteroatoms. The SMILES string of the molecule is CC[C@]1(c2ccccc2)NC(=O)N(C[NH+](CCOC)[C@@H]2CCS(=O)(=O)C2)C1=O. The predicted octanol–water partition coefficient (Wildman–Crippen LogP) is -0.480. The lowest BCUT2D eigenvalue weighted by atomic mass is 9.87. The zero-order valence-corrected chi connectivity index (χ0v) is 17.1. The highest BCUT2D eigenvalue weighted by molar-refractivity contribution is 7.91. The van der Waals surface area contributed by atoms with Crippen molar-refractivity contribution in [1.82, 2.24) is 10.2 Å². The molecule has 2 aliphatic rings. The largest absolute Gasteiger partial charge is 0.379 e. The number of benzene rings is 1. The van der Waals surface area contributed by atoms with Crippen LogP contribution in [0.3, 0.4) is 0 Å². The Labute approximate surface area is 165 Å². The smallest absolute Gasteiger partial charge is 0.329 e. The zero-order chi connectivity index (χ0) is 20.4. The maximum atomic E-state index is 13.3. The van der Waals surface area contributed by atoms with Gasteiger partial charge in [0.2, 0.25) is 0 Å². The van der Waals surface area contributed by atoms with Gasteiger partial charge in [-0.15, -0.1) is 0 Å². The minimum Gasteiger partial charge on any atom is -0.379 e. The van der Waals surface area contributed by atoms with Crippen molar-refractivity contribution in [3.05, 3.63) is 35.9 Å². The van der Waals surface area contributed by atoms with Crippen LogP contribution in [0.4, 0.5) is 4.79 Å². The molecule has 2 saturated heterocycles. The first-order chi connectivity index (χ1) is 13.3. The van der Waals surface area contributed by atoms with Gasteiger partial charge in [-0.2, -0.15) is 0 Å². The molecule has 28 heavy (non-hydrogen) atoms. The number of urea groups is 1. The van der Waals surface area contributed by atoms with Gasteiger partial charge in [0.25, 0.3) is 5.91 Å². The van der Waals surface area contributed by atoms with Crippen molar-refractivity contribution in [2.24, 2.45) is 0 Å². The Hall–Kier alpha value is -1.97. The second kappa shape index (κ2) is 8.18. The molecule has 0 radical (unpaired) electrons. The molecule has 1 unspecified atom stereocenters. The highest BCUT2D eigenvalue weighted by atomic mass is 32.2. The van der Waals surface area contributed by atoms with Crippen LogP contribution >= 0.6 is 0 Å². The van der Waals surface area contributed by atoms with Gasteiger partial charge in [0.05, 0.1) is 12.4 Å². The van der Waals surface area contributed by atoms with E-state index in [9.17, 15) is 18.0 Å². The number of amides is 3. The number of rotatable bonds is 8. The Morgan fingerprint density at radius 1 is 1.29 bits per heavy atom. The van der Waals surface area contributed by atoms with E-state index in [-0.39, 0.29) is 30.1 Å². The number of carbonyl (C=O) groups excluding carboxylic acids is 2. The molecule has 3 rings (SSSR count). The standard InChI is InChI=1S/C19H27N3O5S/c1-3-19(15-7-5-4-6-8-15)17(23)22(18(24)20-19)14-21(10-11-27-2)16-9-12-28(25,26)13-16/h4-8,16H,3,9-14H2,1-2H3,(H,20,24)/p+1/t16-,19-/m1/s1. The summed E-state index contributed by atoms with van der Waals surface area (Å²) in [7, 11) is -1.48. The third kappa shape index (κ3) is 3.92. The van der Waals surface area contributed by atoms with Gasteiger partial charge in [0.1, 0.15) is 23.9 Å². The first-order valence-electron chi connectivity index (χ1n) is 9.56. The van der Waals surface area contributed by atoms with Gasteiger partial charge in [-0.25, -0.2) is 18.1 Å². The Kier molecular flexibility index (Phi) is 6.07. The Morgan fingerprint density at radius 2 is 2.00 bits per heavy atom. The highest BCUT2D eigenvalue weighted by Crippen LogP contribution is 2.31. The van der Waals surface area contributed by atoms with E-state index in [1.165, 1.54) is 4.90 Å². The van der Waals surface area contributed by atoms with E-state index < -0.39 is 21.4 Å². The number of sulfone groups is 1. The van der Waals surface area contributed by atoms with Crippen LogP contribution in [0.1, 0.15) is 25.3 Å². The summed E-state index contributed by atoms with van der Waals surface area (Å²) in [5.74, 6) is -0.0631. The summed E-state index contributed by atoms with van der Waals surface area (Å²) in [6, 6.07) is 8.64. The van der Waals surface area contributed by atoms with Crippen LogP contribution in [0.2, 0.25) is 0 Å². The van der Waals surface area contributed by atoms with E-state index >= 15 is 0 Å². The third-order valence-electron chi connectivity index (χ3n) is 5.77. The van der Waals surface area contributed by atoms with Crippen LogP contribution in [-0.2, 0) is 24.9 Å². The fraction of sp³-hybridized carbons (Fsp3) is 0.579. The number of nitrogens with one attached hydrogen (secondary N) is 2. The summed E-state index contributed by atoms with van der Waals surface area (Å²) < 4.78 is 29.0. The van der Waals surface area contributed by atoms with Crippen LogP contribution in [0, 0.1) is 0 Å². The van der Waals surface area contributed by atoms with E-state index in [1.54, 1.807) is 7.11 Å². The molecule has 0 aromatic heterocycles. The quantitative estimate of drug-likeness (QED) is 0.564. The van der Waals surface area contributed by atoms with Gasteiger partial charge in [-0.3, -0.25) is 4.79 Å². The molecule has 2 aliphatic heterocycles. The van der Waals surface area contributed by atoms with Crippen molar-refractivity contribution in [1.29, 1.82) is 0 Å². The van der Waals surface area contributed by atoms with Crippen molar-refractivity contribution in [3.63, 3.8) is 0 Å². The molecule has 0 aliphatic carbocycles. The third-order valence-corrected chi connectivity index (χ3v) is 7.54. The second-order valence-corrected chi connectivity index (χ2v) is 9.68. The fourth-order valence-electron chi connectivity index (χ4n) is 4.10. The van der Waals surface area contributed by atoms with Gasteiger partial charge in [-0.1, -0.05) is 37.3 Å². The highest BCUT2D eigenvalue weighted by Gasteiger charge is 2.52. The lowest BCUT2D eigenvalue weighted by Gasteiger charge is -2.29. The number of imide groups is 1. The summed E-state index contributed by atoms with van der Waals surface area (Å²) in [6.07, 6.45) is 0.964. The second-order valence-electron chi connectivity index (χ2n) is 7.45. The number of quaternary nitrogens is 1. The van der Waals surface area contributed by atoms with Crippen molar-refractivity contribution in [2.75, 3.05) is 38.4 Å². The minimum atomic E-state index is -3.06. The van der Waals surface area contributed by atoms with Crippen molar-refractivity contribution >= 4 is 21.8 Å². The molecule has 2 N–H and O–H groups in total. The lowest BCUT2D eigenvalue weighted by Crippen LogP contribution is -3.18. The molecule has 154 valence electrons. The monoisotopic (exact) mass is 410 g/mol. The van der Waals surface area contributed by atoms with E-state index in [0.717, 1.165) is 10.5 Å². The number of hydrogen-bond acceptors (Lipinski definition) is 5. The van der Waals surface area contributed by atoms with Gasteiger partial charge < -0.3 is 15.0 Å². The number of methoxy groups -OCH3 is 1. The van der Waals surface area contributed by atoms with E-state index in [0.29, 0.717) is 26.0 Å². The van der Waals surface area contributed by atoms with E-state index in [2.05, 4.69) is 5.32 Å². The van der Waals surface area contributed by atoms with Gasteiger partial charge in [0.15, 0.2) is 16.5 Å². The molecule has 3 amide bonds. The number of ether oxygens (including phenoxy) is 1. The molecule has 1 aromatic carbocycles. The Morgan fingerprint density at radius 3 is 2.57 bits per heavy atom. The predicted molar refractivity (Wildman–Crippen MR) is 103 cm³/mol. The van der Waals surface area contributed by atoms with Crippen molar-refractivity contribution in [2.45, 2.75) is 31.3 Å². The molecule has 0 bridgehead atoms. The minimum absolute atomic E-state index is 0.0767. The first kappa shape index (κ1) is 20.8. The molecular weight excluding hydrogens is 382 g/mol. The molecule has 1 aromatic rings. The average molecular weight is 411 g/mol. The first-order valence-corrected chi connectivity index (χ1v) is 11.4. The number of hydrogen-bond donors (Lipinski definition) is 2. The normalized spacial score (nSPS) is 27.8. The average Bonchev–Trinajstić information content (AvgIpc) is 3.17. The summed E-state index contributed by atoms with van der Waals surface area (Å²) >= 11 is 0. The summed E-state index contributed by atoms with van der Waals surface area (Å²) in [6.45, 7) is 2.95. The van der Waals surface area contributed by atoms with Crippen molar-refractivity contribution < 1.29 is 27.6 Å². The van der Waals surface area contributed by atoms with Gasteiger partial charge in [-0.05, 0) is 12.0 Å². The molecule has 2 fully saturated rings. The van der Waals surface area contributed by atoms with Gasteiger partial charge >= 0.3 is 6.03 Å². The van der Waals surface area contributed by atoms with Crippen LogP contribution in [0.5, 0.6) is 0 Å². The Bertz CT molecular complexity index is 829. The zero-order valence-electron chi connectivity index (χ0n) is 16.3. The van der Waals surface area contributed by atoms with Crippen molar-refractivity contribution in [3.8, 4) is 0 Å². The molecule has 0 saturated carbocycles. The lowest BCUT2D eigenvalue weighted by molar-refractivity contribution is -0.929. The summed E-state index contributed by atoms with van der Waals surface area (Å²) in [5.41, 5.74) is -0.327. The number of carbonyl (C=O) groups is 2. The topological polar surface area (TPSA) is 97.2 Å². The van der Waals surface area contributed by atoms with Crippen LogP contribution in [0.25, 0.3) is 0 Å². The maximum Gasteiger partial charge on any atom is 0.329 e. The van der Waals surface area contributed by atoms with E-state index in [4.69, 9.17) is 4.74 Å². The number of nitrogens with zero attached hydrogens (tertiary/aromatic N) is 1. The summed E-state index contributed by atoms with van der Waals surface area (Å²) in [5, 5.41) is 2.88. The molecule has 0 spiro atoms. The van der Waals surface area contributed by atoms with Crippen LogP contribution in [-0.4, -0.2) is 69.7 Å². The maximum absolute atomic E-state index is 13.3. The molecule has 3 atom stereocenters.